The molecule has 0 radical (unpaired) electrons. The van der Waals surface area contributed by atoms with E-state index >= 15 is 0 Å². The maximum absolute atomic E-state index is 12.9. The fourth-order valence-corrected chi connectivity index (χ4v) is 6.72. The second-order valence-corrected chi connectivity index (χ2v) is 11.1. The number of carbonyl (C=O) groups is 1. The minimum atomic E-state index is -3.48. The van der Waals surface area contributed by atoms with E-state index < -0.39 is 10.0 Å². The van der Waals surface area contributed by atoms with Crippen molar-refractivity contribution in [1.82, 2.24) is 9.62 Å². The van der Waals surface area contributed by atoms with Crippen LogP contribution in [0.2, 0.25) is 0 Å². The summed E-state index contributed by atoms with van der Waals surface area (Å²) in [7, 11) is -3.48. The summed E-state index contributed by atoms with van der Waals surface area (Å²) in [6.07, 6.45) is 6.02. The second-order valence-electron chi connectivity index (χ2n) is 9.16. The number of fused-ring (bicyclic) bond motifs is 1. The molecule has 0 unspecified atom stereocenters. The first-order valence-corrected chi connectivity index (χ1v) is 13.2. The summed E-state index contributed by atoms with van der Waals surface area (Å²) in [6.45, 7) is 2.76. The van der Waals surface area contributed by atoms with E-state index in [2.05, 4.69) is 17.4 Å². The number of amides is 1. The van der Waals surface area contributed by atoms with Crippen LogP contribution < -0.4 is 14.8 Å². The summed E-state index contributed by atoms with van der Waals surface area (Å²) < 4.78 is 38.4. The zero-order chi connectivity index (χ0) is 22.9. The summed E-state index contributed by atoms with van der Waals surface area (Å²) in [6, 6.07) is 12.4. The molecule has 8 heteroatoms. The molecule has 0 atom stereocenters. The van der Waals surface area contributed by atoms with Crippen LogP contribution in [0, 0.1) is 0 Å². The smallest absolute Gasteiger partial charge is 0.251 e. The molecule has 2 heterocycles. The highest BCUT2D eigenvalue weighted by Crippen LogP contribution is 2.43. The van der Waals surface area contributed by atoms with Gasteiger partial charge in [-0.05, 0) is 67.6 Å². The molecule has 1 amide bonds. The van der Waals surface area contributed by atoms with Gasteiger partial charge in [0.15, 0.2) is 11.5 Å². The fourth-order valence-electron chi connectivity index (χ4n) is 5.20. The van der Waals surface area contributed by atoms with Gasteiger partial charge in [-0.25, -0.2) is 8.42 Å². The van der Waals surface area contributed by atoms with Crippen molar-refractivity contribution in [2.45, 2.75) is 48.8 Å². The van der Waals surface area contributed by atoms with Crippen LogP contribution in [0.4, 0.5) is 0 Å². The lowest BCUT2D eigenvalue weighted by molar-refractivity contribution is 0.0943. The van der Waals surface area contributed by atoms with Gasteiger partial charge in [0.25, 0.3) is 5.91 Å². The van der Waals surface area contributed by atoms with Gasteiger partial charge in [0, 0.05) is 30.6 Å². The van der Waals surface area contributed by atoms with Crippen LogP contribution in [0.5, 0.6) is 11.5 Å². The van der Waals surface area contributed by atoms with E-state index in [-0.39, 0.29) is 16.2 Å². The molecule has 1 saturated heterocycles. The van der Waals surface area contributed by atoms with Crippen molar-refractivity contribution >= 4 is 15.9 Å². The fraction of sp³-hybridized carbons (Fsp3) is 0.480. The summed E-state index contributed by atoms with van der Waals surface area (Å²) >= 11 is 0. The number of hydrogen-bond acceptors (Lipinski definition) is 5. The van der Waals surface area contributed by atoms with Crippen LogP contribution >= 0.6 is 0 Å². The van der Waals surface area contributed by atoms with E-state index in [9.17, 15) is 13.2 Å². The Balaban J connectivity index is 1.29. The standard InChI is InChI=1S/C25H30N2O5S/c28-24(19-5-8-21(9-6-19)33(29,30)27-13-3-4-14-27)26-18-25(11-1-2-12-25)20-7-10-22-23(17-20)32-16-15-31-22/h5-10,17H,1-4,11-16,18H2,(H,26,28). The summed E-state index contributed by atoms with van der Waals surface area (Å²) in [4.78, 5) is 13.1. The van der Waals surface area contributed by atoms with Crippen LogP contribution in [0.3, 0.4) is 0 Å². The lowest BCUT2D eigenvalue weighted by atomic mass is 9.78. The average molecular weight is 471 g/mol. The van der Waals surface area contributed by atoms with Crippen molar-refractivity contribution in [2.24, 2.45) is 0 Å². The Labute approximate surface area is 195 Å². The van der Waals surface area contributed by atoms with E-state index in [4.69, 9.17) is 9.47 Å². The van der Waals surface area contributed by atoms with E-state index in [1.807, 2.05) is 6.07 Å². The zero-order valence-corrected chi connectivity index (χ0v) is 19.5. The topological polar surface area (TPSA) is 84.9 Å². The molecule has 0 bridgehead atoms. The molecule has 7 nitrogen and oxygen atoms in total. The van der Waals surface area contributed by atoms with E-state index in [0.29, 0.717) is 38.4 Å². The predicted molar refractivity (Wildman–Crippen MR) is 124 cm³/mol. The number of sulfonamides is 1. The highest BCUT2D eigenvalue weighted by molar-refractivity contribution is 7.89. The minimum Gasteiger partial charge on any atom is -0.486 e. The van der Waals surface area contributed by atoms with Crippen LogP contribution in [0.1, 0.15) is 54.4 Å². The highest BCUT2D eigenvalue weighted by atomic mass is 32.2. The number of benzene rings is 2. The average Bonchev–Trinajstić information content (AvgIpc) is 3.56. The molecular formula is C25H30N2O5S. The number of nitrogens with zero attached hydrogens (tertiary/aromatic N) is 1. The third-order valence-electron chi connectivity index (χ3n) is 7.12. The van der Waals surface area contributed by atoms with Crippen molar-refractivity contribution in [3.63, 3.8) is 0 Å². The molecule has 2 aromatic rings. The lowest BCUT2D eigenvalue weighted by Crippen LogP contribution is -2.39. The molecule has 0 aromatic heterocycles. The van der Waals surface area contributed by atoms with Gasteiger partial charge in [-0.2, -0.15) is 4.31 Å². The quantitative estimate of drug-likeness (QED) is 0.699. The molecule has 1 aliphatic carbocycles. The summed E-state index contributed by atoms with van der Waals surface area (Å²) in [5.41, 5.74) is 1.49. The van der Waals surface area contributed by atoms with Crippen molar-refractivity contribution in [2.75, 3.05) is 32.8 Å². The van der Waals surface area contributed by atoms with Crippen molar-refractivity contribution in [1.29, 1.82) is 0 Å². The first-order valence-electron chi connectivity index (χ1n) is 11.8. The van der Waals surface area contributed by atoms with Gasteiger partial charge in [0.05, 0.1) is 4.90 Å². The third-order valence-corrected chi connectivity index (χ3v) is 9.03. The van der Waals surface area contributed by atoms with Crippen molar-refractivity contribution < 1.29 is 22.7 Å². The second kappa shape index (κ2) is 8.99. The van der Waals surface area contributed by atoms with Gasteiger partial charge in [0.1, 0.15) is 13.2 Å². The molecule has 176 valence electrons. The van der Waals surface area contributed by atoms with E-state index in [0.717, 1.165) is 55.6 Å². The number of hydrogen-bond donors (Lipinski definition) is 1. The maximum atomic E-state index is 12.9. The zero-order valence-electron chi connectivity index (χ0n) is 18.7. The molecule has 2 fully saturated rings. The van der Waals surface area contributed by atoms with Gasteiger partial charge >= 0.3 is 0 Å². The molecule has 2 aliphatic heterocycles. The first kappa shape index (κ1) is 22.2. The summed E-state index contributed by atoms with van der Waals surface area (Å²) in [5.74, 6) is 1.35. The Morgan fingerprint density at radius 1 is 0.909 bits per heavy atom. The van der Waals surface area contributed by atoms with Crippen LogP contribution in [0.25, 0.3) is 0 Å². The molecule has 33 heavy (non-hydrogen) atoms. The number of nitrogens with one attached hydrogen (secondary N) is 1. The Bertz CT molecular complexity index is 1120. The monoisotopic (exact) mass is 470 g/mol. The Morgan fingerprint density at radius 3 is 2.27 bits per heavy atom. The van der Waals surface area contributed by atoms with Crippen molar-refractivity contribution in [3.8, 4) is 11.5 Å². The molecule has 0 spiro atoms. The number of ether oxygens (including phenoxy) is 2. The molecule has 1 N–H and O–H groups in total. The molecule has 1 saturated carbocycles. The highest BCUT2D eigenvalue weighted by Gasteiger charge is 2.37. The first-order chi connectivity index (χ1) is 16.0. The van der Waals surface area contributed by atoms with Gasteiger partial charge in [-0.15, -0.1) is 0 Å². The van der Waals surface area contributed by atoms with E-state index in [1.165, 1.54) is 16.4 Å². The SMILES string of the molecule is O=C(NCC1(c2ccc3c(c2)OCCO3)CCCC1)c1ccc(S(=O)(=O)N2CCCC2)cc1. The molecular weight excluding hydrogens is 440 g/mol. The lowest BCUT2D eigenvalue weighted by Gasteiger charge is -2.31. The summed E-state index contributed by atoms with van der Waals surface area (Å²) in [5, 5.41) is 3.10. The normalized spacial score (nSPS) is 20.0. The molecule has 5 rings (SSSR count). The number of carbonyl (C=O) groups excluding carboxylic acids is 1. The molecule has 2 aromatic carbocycles. The van der Waals surface area contributed by atoms with Crippen LogP contribution in [-0.2, 0) is 15.4 Å². The van der Waals surface area contributed by atoms with Crippen LogP contribution in [0.15, 0.2) is 47.4 Å². The van der Waals surface area contributed by atoms with Gasteiger partial charge in [-0.3, -0.25) is 4.79 Å². The largest absolute Gasteiger partial charge is 0.486 e. The number of rotatable bonds is 6. The minimum absolute atomic E-state index is 0.134. The predicted octanol–water partition coefficient (Wildman–Crippen LogP) is 3.48. The van der Waals surface area contributed by atoms with Gasteiger partial charge < -0.3 is 14.8 Å². The molecule has 3 aliphatic rings. The Morgan fingerprint density at radius 2 is 1.58 bits per heavy atom. The van der Waals surface area contributed by atoms with Gasteiger partial charge in [0.2, 0.25) is 10.0 Å². The maximum Gasteiger partial charge on any atom is 0.251 e. The van der Waals surface area contributed by atoms with E-state index in [1.54, 1.807) is 12.1 Å². The third kappa shape index (κ3) is 4.34. The van der Waals surface area contributed by atoms with Crippen LogP contribution in [-0.4, -0.2) is 51.5 Å². The van der Waals surface area contributed by atoms with Gasteiger partial charge in [-0.1, -0.05) is 18.9 Å². The Hall–Kier alpha value is -2.58. The Kier molecular flexibility index (Phi) is 6.05. The van der Waals surface area contributed by atoms with Crippen molar-refractivity contribution in [3.05, 3.63) is 53.6 Å².